The van der Waals surface area contributed by atoms with E-state index in [0.717, 1.165) is 0 Å². The molecule has 3 aromatic rings. The molecule has 0 fully saturated rings. The molecule has 0 radical (unpaired) electrons. The van der Waals surface area contributed by atoms with Crippen LogP contribution < -0.4 is 0 Å². The summed E-state index contributed by atoms with van der Waals surface area (Å²) in [6.07, 6.45) is 3.89. The SMILES string of the molecule is Cc1cc2c3c(ccc2c2cccc(Br)c12)CCCC3C. The predicted molar refractivity (Wildman–Crippen MR) is 95.2 cm³/mol. The van der Waals surface area contributed by atoms with Crippen LogP contribution >= 0.6 is 15.9 Å². The summed E-state index contributed by atoms with van der Waals surface area (Å²) in [5.74, 6) is 0.682. The molecule has 0 N–H and O–H groups in total. The average Bonchev–Trinajstić information content (AvgIpc) is 2.47. The van der Waals surface area contributed by atoms with Crippen molar-refractivity contribution in [2.45, 2.75) is 39.0 Å². The Bertz CT molecular complexity index is 861. The van der Waals surface area contributed by atoms with Gasteiger partial charge in [-0.25, -0.2) is 0 Å². The third-order valence-electron chi connectivity index (χ3n) is 5.01. The first-order valence-electron chi connectivity index (χ1n) is 7.80. The summed E-state index contributed by atoms with van der Waals surface area (Å²) in [5.41, 5.74) is 4.54. The zero-order valence-corrected chi connectivity index (χ0v) is 14.1. The normalized spacial score (nSPS) is 18.1. The van der Waals surface area contributed by atoms with Crippen molar-refractivity contribution in [2.24, 2.45) is 0 Å². The van der Waals surface area contributed by atoms with E-state index in [0.29, 0.717) is 5.92 Å². The standard InChI is InChI=1S/C20H19Br/c1-12-5-3-6-14-9-10-15-16-7-4-8-18(21)20(16)13(2)11-17(15)19(12)14/h4,7-12H,3,5-6H2,1-2H3. The largest absolute Gasteiger partial charge is 0.0605 e. The summed E-state index contributed by atoms with van der Waals surface area (Å²) in [6, 6.07) is 13.7. The lowest BCUT2D eigenvalue weighted by Gasteiger charge is -2.25. The molecular formula is C20H19Br. The van der Waals surface area contributed by atoms with Crippen molar-refractivity contribution in [1.29, 1.82) is 0 Å². The van der Waals surface area contributed by atoms with E-state index in [1.54, 1.807) is 11.1 Å². The lowest BCUT2D eigenvalue weighted by atomic mass is 9.80. The van der Waals surface area contributed by atoms with Crippen LogP contribution in [0.25, 0.3) is 21.5 Å². The zero-order chi connectivity index (χ0) is 14.6. The molecule has 0 aromatic heterocycles. The van der Waals surface area contributed by atoms with Gasteiger partial charge in [0.05, 0.1) is 0 Å². The highest BCUT2D eigenvalue weighted by atomic mass is 79.9. The van der Waals surface area contributed by atoms with Crippen LogP contribution in [0.5, 0.6) is 0 Å². The Morgan fingerprint density at radius 3 is 2.76 bits per heavy atom. The van der Waals surface area contributed by atoms with Crippen LogP contribution in [0, 0.1) is 6.92 Å². The monoisotopic (exact) mass is 338 g/mol. The number of aryl methyl sites for hydroxylation is 2. The molecule has 21 heavy (non-hydrogen) atoms. The fraction of sp³-hybridized carbons (Fsp3) is 0.300. The van der Waals surface area contributed by atoms with Crippen molar-refractivity contribution in [3.63, 3.8) is 0 Å². The van der Waals surface area contributed by atoms with Crippen LogP contribution in [-0.4, -0.2) is 0 Å². The summed E-state index contributed by atoms with van der Waals surface area (Å²) in [6.45, 7) is 4.62. The van der Waals surface area contributed by atoms with Crippen molar-refractivity contribution >= 4 is 37.5 Å². The Balaban J connectivity index is 2.20. The van der Waals surface area contributed by atoms with Crippen molar-refractivity contribution in [1.82, 2.24) is 0 Å². The van der Waals surface area contributed by atoms with Crippen LogP contribution in [0.15, 0.2) is 40.9 Å². The van der Waals surface area contributed by atoms with E-state index in [1.165, 1.54) is 50.8 Å². The first-order chi connectivity index (χ1) is 10.2. The van der Waals surface area contributed by atoms with Crippen LogP contribution in [0.2, 0.25) is 0 Å². The number of rotatable bonds is 0. The number of fused-ring (bicyclic) bond motifs is 5. The molecule has 1 atom stereocenters. The summed E-state index contributed by atoms with van der Waals surface area (Å²) >= 11 is 3.72. The molecule has 0 aliphatic heterocycles. The van der Waals surface area contributed by atoms with Crippen LogP contribution in [0.4, 0.5) is 0 Å². The molecule has 1 unspecified atom stereocenters. The van der Waals surface area contributed by atoms with Crippen LogP contribution in [-0.2, 0) is 6.42 Å². The Kier molecular flexibility index (Phi) is 3.08. The Hall–Kier alpha value is -1.34. The topological polar surface area (TPSA) is 0 Å². The zero-order valence-electron chi connectivity index (χ0n) is 12.5. The van der Waals surface area contributed by atoms with Gasteiger partial charge in [-0.1, -0.05) is 53.2 Å². The maximum absolute atomic E-state index is 3.72. The van der Waals surface area contributed by atoms with E-state index in [1.807, 2.05) is 0 Å². The second-order valence-electron chi connectivity index (χ2n) is 6.38. The third-order valence-corrected chi connectivity index (χ3v) is 5.67. The number of hydrogen-bond acceptors (Lipinski definition) is 0. The maximum atomic E-state index is 3.72. The highest BCUT2D eigenvalue weighted by Gasteiger charge is 2.20. The molecule has 3 aromatic carbocycles. The van der Waals surface area contributed by atoms with Crippen molar-refractivity contribution in [3.05, 3.63) is 57.6 Å². The van der Waals surface area contributed by atoms with Crippen molar-refractivity contribution in [2.75, 3.05) is 0 Å². The molecule has 1 heteroatoms. The summed E-state index contributed by atoms with van der Waals surface area (Å²) in [5, 5.41) is 5.61. The van der Waals surface area contributed by atoms with Gasteiger partial charge in [-0.05, 0) is 76.4 Å². The van der Waals surface area contributed by atoms with Gasteiger partial charge in [-0.3, -0.25) is 0 Å². The smallest absolute Gasteiger partial charge is 0.0256 e. The van der Waals surface area contributed by atoms with Crippen molar-refractivity contribution in [3.8, 4) is 0 Å². The Morgan fingerprint density at radius 1 is 1.05 bits per heavy atom. The molecule has 0 saturated heterocycles. The minimum absolute atomic E-state index is 0.682. The number of halogens is 1. The Morgan fingerprint density at radius 2 is 1.90 bits per heavy atom. The predicted octanol–water partition coefficient (Wildman–Crippen LogP) is 6.50. The van der Waals surface area contributed by atoms with E-state index < -0.39 is 0 Å². The molecular weight excluding hydrogens is 320 g/mol. The van der Waals surface area contributed by atoms with Gasteiger partial charge < -0.3 is 0 Å². The second-order valence-corrected chi connectivity index (χ2v) is 7.24. The molecule has 0 amide bonds. The first kappa shape index (κ1) is 13.3. The average molecular weight is 339 g/mol. The fourth-order valence-electron chi connectivity index (χ4n) is 4.05. The second kappa shape index (κ2) is 4.84. The summed E-state index contributed by atoms with van der Waals surface area (Å²) in [4.78, 5) is 0. The summed E-state index contributed by atoms with van der Waals surface area (Å²) < 4.78 is 1.20. The van der Waals surface area contributed by atoms with E-state index in [2.05, 4.69) is 66.2 Å². The van der Waals surface area contributed by atoms with E-state index in [9.17, 15) is 0 Å². The van der Waals surface area contributed by atoms with Gasteiger partial charge in [0.15, 0.2) is 0 Å². The van der Waals surface area contributed by atoms with Crippen LogP contribution in [0.3, 0.4) is 0 Å². The maximum Gasteiger partial charge on any atom is 0.0256 e. The van der Waals surface area contributed by atoms with Crippen molar-refractivity contribution < 1.29 is 0 Å². The molecule has 0 saturated carbocycles. The molecule has 106 valence electrons. The van der Waals surface area contributed by atoms with Gasteiger partial charge >= 0.3 is 0 Å². The lowest BCUT2D eigenvalue weighted by molar-refractivity contribution is 0.595. The minimum Gasteiger partial charge on any atom is -0.0605 e. The molecule has 0 nitrogen and oxygen atoms in total. The number of benzene rings is 3. The lowest BCUT2D eigenvalue weighted by Crippen LogP contribution is -2.07. The molecule has 0 heterocycles. The van der Waals surface area contributed by atoms with Crippen LogP contribution in [0.1, 0.15) is 42.4 Å². The van der Waals surface area contributed by atoms with Gasteiger partial charge in [0, 0.05) is 4.47 Å². The first-order valence-corrected chi connectivity index (χ1v) is 8.59. The van der Waals surface area contributed by atoms with Gasteiger partial charge in [-0.2, -0.15) is 0 Å². The quantitative estimate of drug-likeness (QED) is 0.410. The molecule has 1 aliphatic carbocycles. The van der Waals surface area contributed by atoms with E-state index in [-0.39, 0.29) is 0 Å². The molecule has 0 spiro atoms. The van der Waals surface area contributed by atoms with E-state index >= 15 is 0 Å². The molecule has 4 rings (SSSR count). The number of hydrogen-bond donors (Lipinski definition) is 0. The highest BCUT2D eigenvalue weighted by molar-refractivity contribution is 9.10. The molecule has 1 aliphatic rings. The minimum atomic E-state index is 0.682. The van der Waals surface area contributed by atoms with Gasteiger partial charge in [0.25, 0.3) is 0 Å². The van der Waals surface area contributed by atoms with E-state index in [4.69, 9.17) is 0 Å². The van der Waals surface area contributed by atoms with Gasteiger partial charge in [0.1, 0.15) is 0 Å². The molecule has 0 bridgehead atoms. The highest BCUT2D eigenvalue weighted by Crippen LogP contribution is 2.41. The third kappa shape index (κ3) is 1.94. The summed E-state index contributed by atoms with van der Waals surface area (Å²) in [7, 11) is 0. The fourth-order valence-corrected chi connectivity index (χ4v) is 4.73. The van der Waals surface area contributed by atoms with Gasteiger partial charge in [0.2, 0.25) is 0 Å². The van der Waals surface area contributed by atoms with Gasteiger partial charge in [-0.15, -0.1) is 0 Å². The Labute approximate surface area is 134 Å².